The Morgan fingerprint density at radius 1 is 1.07 bits per heavy atom. The van der Waals surface area contributed by atoms with Gasteiger partial charge in [-0.15, -0.1) is 0 Å². The summed E-state index contributed by atoms with van der Waals surface area (Å²) in [5.74, 6) is -0.217. The van der Waals surface area contributed by atoms with Gasteiger partial charge in [0, 0.05) is 11.3 Å². The third-order valence-corrected chi connectivity index (χ3v) is 4.41. The minimum atomic E-state index is -3.39. The van der Waals surface area contributed by atoms with Gasteiger partial charge in [0.2, 0.25) is 15.8 Å². The second kappa shape index (κ2) is 9.36. The first-order valence-electron chi connectivity index (χ1n) is 8.65. The highest BCUT2D eigenvalue weighted by atomic mass is 32.2. The van der Waals surface area contributed by atoms with Gasteiger partial charge in [-0.05, 0) is 49.7 Å². The summed E-state index contributed by atoms with van der Waals surface area (Å²) in [5, 5.41) is 0. The van der Waals surface area contributed by atoms with Gasteiger partial charge in [0.05, 0.1) is 19.3 Å². The van der Waals surface area contributed by atoms with Gasteiger partial charge in [0.25, 0.3) is 0 Å². The number of rotatable bonds is 9. The molecule has 2 aromatic rings. The summed E-state index contributed by atoms with van der Waals surface area (Å²) in [4.78, 5) is 24.3. The van der Waals surface area contributed by atoms with E-state index in [-0.39, 0.29) is 18.8 Å². The maximum atomic E-state index is 12.4. The van der Waals surface area contributed by atoms with Crippen LogP contribution in [0.5, 0.6) is 5.75 Å². The fourth-order valence-electron chi connectivity index (χ4n) is 2.42. The molecule has 0 aliphatic carbocycles. The van der Waals surface area contributed by atoms with Crippen LogP contribution in [0.25, 0.3) is 0 Å². The van der Waals surface area contributed by atoms with Crippen LogP contribution in [0.1, 0.15) is 29.3 Å². The zero-order valence-corrected chi connectivity index (χ0v) is 16.8. The van der Waals surface area contributed by atoms with Crippen LogP contribution in [-0.4, -0.2) is 39.1 Å². The molecule has 28 heavy (non-hydrogen) atoms. The molecule has 0 bridgehead atoms. The Kier molecular flexibility index (Phi) is 7.17. The first-order chi connectivity index (χ1) is 13.2. The number of hydrogen-bond donors (Lipinski definition) is 1. The van der Waals surface area contributed by atoms with Gasteiger partial charge in [-0.25, -0.2) is 8.42 Å². The third-order valence-electron chi connectivity index (χ3n) is 3.81. The Morgan fingerprint density at radius 3 is 2.32 bits per heavy atom. The predicted molar refractivity (Wildman–Crippen MR) is 106 cm³/mol. The number of nitrogens with one attached hydrogen (secondary N) is 1. The summed E-state index contributed by atoms with van der Waals surface area (Å²) in [6.45, 7) is 3.55. The lowest BCUT2D eigenvalue weighted by molar-refractivity contribution is -0.146. The third kappa shape index (κ3) is 6.70. The Bertz CT molecular complexity index is 937. The molecule has 0 aromatic heterocycles. The number of ketones is 1. The van der Waals surface area contributed by atoms with Crippen molar-refractivity contribution >= 4 is 27.5 Å². The molecule has 0 saturated heterocycles. The maximum absolute atomic E-state index is 12.4. The number of hydrogen-bond acceptors (Lipinski definition) is 6. The highest BCUT2D eigenvalue weighted by molar-refractivity contribution is 7.92. The van der Waals surface area contributed by atoms with Gasteiger partial charge >= 0.3 is 5.97 Å². The van der Waals surface area contributed by atoms with Crippen molar-refractivity contribution in [2.45, 2.75) is 26.4 Å². The van der Waals surface area contributed by atoms with Crippen molar-refractivity contribution in [1.82, 2.24) is 0 Å². The molecule has 0 unspecified atom stereocenters. The van der Waals surface area contributed by atoms with Gasteiger partial charge in [-0.3, -0.25) is 14.3 Å². The summed E-state index contributed by atoms with van der Waals surface area (Å²) in [6.07, 6.45) is 0.0965. The summed E-state index contributed by atoms with van der Waals surface area (Å²) < 4.78 is 35.4. The molecule has 0 fully saturated rings. The predicted octanol–water partition coefficient (Wildman–Crippen LogP) is 2.95. The van der Waals surface area contributed by atoms with Crippen molar-refractivity contribution in [2.75, 3.05) is 17.6 Å². The van der Waals surface area contributed by atoms with Crippen LogP contribution >= 0.6 is 0 Å². The van der Waals surface area contributed by atoms with Crippen LogP contribution in [0, 0.1) is 6.92 Å². The molecule has 0 aliphatic rings. The summed E-state index contributed by atoms with van der Waals surface area (Å²) in [5.41, 5.74) is 1.63. The van der Waals surface area contributed by atoms with Gasteiger partial charge < -0.3 is 9.47 Å². The number of carbonyl (C=O) groups is 2. The highest BCUT2D eigenvalue weighted by Crippen LogP contribution is 2.17. The molecule has 2 aromatic carbocycles. The fourth-order valence-corrected chi connectivity index (χ4v) is 2.99. The number of Topliss-reactive ketones (excluding diaryl/α,β-unsaturated/α-hetero) is 1. The number of aryl methyl sites for hydroxylation is 1. The lowest BCUT2D eigenvalue weighted by Crippen LogP contribution is -2.25. The van der Waals surface area contributed by atoms with E-state index in [1.54, 1.807) is 0 Å². The van der Waals surface area contributed by atoms with E-state index in [0.29, 0.717) is 17.0 Å². The largest absolute Gasteiger partial charge is 0.493 e. The van der Waals surface area contributed by atoms with E-state index in [2.05, 4.69) is 4.72 Å². The minimum absolute atomic E-state index is 0.0170. The van der Waals surface area contributed by atoms with Crippen LogP contribution in [-0.2, 0) is 19.6 Å². The average Bonchev–Trinajstić information content (AvgIpc) is 2.62. The molecule has 0 saturated carbocycles. The molecule has 1 N–H and O–H groups in total. The number of benzene rings is 2. The SMILES string of the molecule is Cc1ccccc1OCCC(=O)O[C@@H](C)C(=O)c1ccc(NS(C)(=O)=O)cc1. The number of para-hydroxylation sites is 1. The van der Waals surface area contributed by atoms with Crippen LogP contribution in [0.15, 0.2) is 48.5 Å². The topological polar surface area (TPSA) is 98.8 Å². The molecular formula is C20H23NO6S. The summed E-state index contributed by atoms with van der Waals surface area (Å²) in [6, 6.07) is 13.4. The van der Waals surface area contributed by atoms with E-state index in [1.165, 1.54) is 31.2 Å². The van der Waals surface area contributed by atoms with E-state index in [1.807, 2.05) is 31.2 Å². The molecule has 0 spiro atoms. The van der Waals surface area contributed by atoms with Crippen molar-refractivity contribution in [3.8, 4) is 5.75 Å². The number of anilines is 1. The monoisotopic (exact) mass is 405 g/mol. The Balaban J connectivity index is 1.84. The van der Waals surface area contributed by atoms with Gasteiger partial charge in [0.1, 0.15) is 5.75 Å². The van der Waals surface area contributed by atoms with Crippen molar-refractivity contribution in [3.63, 3.8) is 0 Å². The molecule has 150 valence electrons. The molecule has 0 aliphatic heterocycles. The molecular weight excluding hydrogens is 382 g/mol. The van der Waals surface area contributed by atoms with E-state index >= 15 is 0 Å². The van der Waals surface area contributed by atoms with Crippen LogP contribution in [0.4, 0.5) is 5.69 Å². The van der Waals surface area contributed by atoms with E-state index in [0.717, 1.165) is 11.8 Å². The number of carbonyl (C=O) groups excluding carboxylic acids is 2. The normalized spacial score (nSPS) is 12.1. The van der Waals surface area contributed by atoms with Gasteiger partial charge in [0.15, 0.2) is 6.10 Å². The average molecular weight is 405 g/mol. The van der Waals surface area contributed by atoms with E-state index in [4.69, 9.17) is 9.47 Å². The van der Waals surface area contributed by atoms with Gasteiger partial charge in [-0.1, -0.05) is 18.2 Å². The van der Waals surface area contributed by atoms with Crippen molar-refractivity contribution in [2.24, 2.45) is 0 Å². The van der Waals surface area contributed by atoms with Crippen LogP contribution < -0.4 is 9.46 Å². The molecule has 1 atom stereocenters. The standard InChI is InChI=1S/C20H23NO6S/c1-14-6-4-5-7-18(14)26-13-12-19(22)27-15(2)20(23)16-8-10-17(11-9-16)21-28(3,24)25/h4-11,15,21H,12-13H2,1-3H3/t15-/m0/s1. The first kappa shape index (κ1) is 21.4. The highest BCUT2D eigenvalue weighted by Gasteiger charge is 2.19. The zero-order valence-electron chi connectivity index (χ0n) is 16.0. The number of esters is 1. The lowest BCUT2D eigenvalue weighted by atomic mass is 10.1. The second-order valence-electron chi connectivity index (χ2n) is 6.31. The van der Waals surface area contributed by atoms with Crippen molar-refractivity contribution in [1.29, 1.82) is 0 Å². The second-order valence-corrected chi connectivity index (χ2v) is 8.06. The Labute approximate surface area is 164 Å². The molecule has 2 rings (SSSR count). The quantitative estimate of drug-likeness (QED) is 0.509. The Morgan fingerprint density at radius 2 is 1.71 bits per heavy atom. The minimum Gasteiger partial charge on any atom is -0.493 e. The van der Waals surface area contributed by atoms with Crippen LogP contribution in [0.2, 0.25) is 0 Å². The fraction of sp³-hybridized carbons (Fsp3) is 0.300. The molecule has 8 heteroatoms. The number of ether oxygens (including phenoxy) is 2. The zero-order chi connectivity index (χ0) is 20.7. The van der Waals surface area contributed by atoms with Crippen molar-refractivity contribution in [3.05, 3.63) is 59.7 Å². The summed E-state index contributed by atoms with van der Waals surface area (Å²) in [7, 11) is -3.39. The molecule has 0 radical (unpaired) electrons. The lowest BCUT2D eigenvalue weighted by Gasteiger charge is -2.13. The Hall–Kier alpha value is -2.87. The maximum Gasteiger partial charge on any atom is 0.309 e. The molecule has 7 nitrogen and oxygen atoms in total. The molecule has 0 heterocycles. The van der Waals surface area contributed by atoms with E-state index < -0.39 is 22.1 Å². The molecule has 0 amide bonds. The summed E-state index contributed by atoms with van der Waals surface area (Å²) >= 11 is 0. The number of sulfonamides is 1. The smallest absolute Gasteiger partial charge is 0.309 e. The van der Waals surface area contributed by atoms with Gasteiger partial charge in [-0.2, -0.15) is 0 Å². The first-order valence-corrected chi connectivity index (χ1v) is 10.5. The van der Waals surface area contributed by atoms with Crippen molar-refractivity contribution < 1.29 is 27.5 Å². The van der Waals surface area contributed by atoms with Crippen LogP contribution in [0.3, 0.4) is 0 Å². The van der Waals surface area contributed by atoms with E-state index in [9.17, 15) is 18.0 Å².